The number of carbonyl (C=O) groups excluding carboxylic acids is 1. The van der Waals surface area contributed by atoms with Gasteiger partial charge in [-0.15, -0.1) is 0 Å². The Balaban J connectivity index is 1.45. The molecule has 25 heavy (non-hydrogen) atoms. The van der Waals surface area contributed by atoms with Gasteiger partial charge >= 0.3 is 0 Å². The maximum atomic E-state index is 12.6. The normalized spacial score (nSPS) is 22.0. The van der Waals surface area contributed by atoms with Gasteiger partial charge in [-0.1, -0.05) is 19.8 Å². The van der Waals surface area contributed by atoms with Crippen LogP contribution in [0.25, 0.3) is 11.2 Å². The van der Waals surface area contributed by atoms with Gasteiger partial charge in [0.15, 0.2) is 5.65 Å². The predicted octanol–water partition coefficient (Wildman–Crippen LogP) is 2.76. The molecule has 0 aromatic carbocycles. The standard InChI is InChI=1S/C19H27N5O/c1-2-8-23-9-7-15(12-23)22-19(25)14-10-17-18(20-11-14)24(13-21-17)16-5-3-4-6-16/h10-11,13,15-16H,2-9,12H2,1H3,(H,22,25). The van der Waals surface area contributed by atoms with Crippen molar-refractivity contribution in [2.45, 2.75) is 57.5 Å². The van der Waals surface area contributed by atoms with Crippen LogP contribution >= 0.6 is 0 Å². The molecular weight excluding hydrogens is 314 g/mol. The Hall–Kier alpha value is -1.95. The van der Waals surface area contributed by atoms with Crippen molar-refractivity contribution in [2.75, 3.05) is 19.6 Å². The number of hydrogen-bond acceptors (Lipinski definition) is 4. The fourth-order valence-electron chi connectivity index (χ4n) is 4.23. The molecule has 2 aliphatic rings. The van der Waals surface area contributed by atoms with Crippen molar-refractivity contribution < 1.29 is 4.79 Å². The highest BCUT2D eigenvalue weighted by molar-refractivity contribution is 5.96. The molecule has 2 aromatic rings. The molecule has 1 unspecified atom stereocenters. The zero-order valence-electron chi connectivity index (χ0n) is 14.9. The molecule has 1 atom stereocenters. The summed E-state index contributed by atoms with van der Waals surface area (Å²) in [4.78, 5) is 24.0. The van der Waals surface area contributed by atoms with Gasteiger partial charge in [-0.25, -0.2) is 9.97 Å². The van der Waals surface area contributed by atoms with E-state index in [1.807, 2.05) is 12.4 Å². The molecule has 134 valence electrons. The number of fused-ring (bicyclic) bond motifs is 1. The molecule has 0 spiro atoms. The largest absolute Gasteiger partial charge is 0.348 e. The molecule has 6 heteroatoms. The monoisotopic (exact) mass is 341 g/mol. The van der Waals surface area contributed by atoms with Crippen LogP contribution in [-0.4, -0.2) is 51.0 Å². The highest BCUT2D eigenvalue weighted by atomic mass is 16.1. The van der Waals surface area contributed by atoms with Crippen molar-refractivity contribution in [1.82, 2.24) is 24.8 Å². The highest BCUT2D eigenvalue weighted by Crippen LogP contribution is 2.31. The summed E-state index contributed by atoms with van der Waals surface area (Å²) in [5, 5.41) is 3.15. The molecule has 1 saturated heterocycles. The lowest BCUT2D eigenvalue weighted by Crippen LogP contribution is -2.37. The molecule has 1 aliphatic heterocycles. The zero-order valence-corrected chi connectivity index (χ0v) is 14.9. The fraction of sp³-hybridized carbons (Fsp3) is 0.632. The van der Waals surface area contributed by atoms with Crippen LogP contribution in [-0.2, 0) is 0 Å². The van der Waals surface area contributed by atoms with E-state index >= 15 is 0 Å². The van der Waals surface area contributed by atoms with Crippen molar-refractivity contribution in [3.8, 4) is 0 Å². The molecule has 0 radical (unpaired) electrons. The van der Waals surface area contributed by atoms with Crippen molar-refractivity contribution >= 4 is 17.1 Å². The lowest BCUT2D eigenvalue weighted by atomic mass is 10.2. The van der Waals surface area contributed by atoms with Crippen molar-refractivity contribution in [3.05, 3.63) is 24.2 Å². The third kappa shape index (κ3) is 3.40. The Morgan fingerprint density at radius 3 is 2.92 bits per heavy atom. The number of hydrogen-bond donors (Lipinski definition) is 1. The van der Waals surface area contributed by atoms with E-state index in [0.717, 1.165) is 43.6 Å². The molecule has 4 rings (SSSR count). The number of aromatic nitrogens is 3. The quantitative estimate of drug-likeness (QED) is 0.908. The minimum atomic E-state index is -0.0341. The molecule has 1 amide bonds. The van der Waals surface area contributed by atoms with E-state index in [1.165, 1.54) is 25.7 Å². The Morgan fingerprint density at radius 2 is 2.12 bits per heavy atom. The number of imidazole rings is 1. The fourth-order valence-corrected chi connectivity index (χ4v) is 4.23. The number of carbonyl (C=O) groups is 1. The second kappa shape index (κ2) is 7.12. The van der Waals surface area contributed by atoms with E-state index in [2.05, 4.69) is 31.7 Å². The van der Waals surface area contributed by atoms with E-state index < -0.39 is 0 Å². The van der Waals surface area contributed by atoms with Crippen LogP contribution in [0.15, 0.2) is 18.6 Å². The van der Waals surface area contributed by atoms with Crippen LogP contribution in [0.3, 0.4) is 0 Å². The van der Waals surface area contributed by atoms with Gasteiger partial charge in [0, 0.05) is 31.4 Å². The summed E-state index contributed by atoms with van der Waals surface area (Å²) >= 11 is 0. The van der Waals surface area contributed by atoms with E-state index in [4.69, 9.17) is 0 Å². The maximum absolute atomic E-state index is 12.6. The van der Waals surface area contributed by atoms with Gasteiger partial charge < -0.3 is 14.8 Å². The van der Waals surface area contributed by atoms with Gasteiger partial charge in [0.05, 0.1) is 11.9 Å². The molecular formula is C19H27N5O. The smallest absolute Gasteiger partial charge is 0.253 e. The van der Waals surface area contributed by atoms with Crippen LogP contribution in [0.5, 0.6) is 0 Å². The van der Waals surface area contributed by atoms with Crippen molar-refractivity contribution in [2.24, 2.45) is 0 Å². The Morgan fingerprint density at radius 1 is 1.28 bits per heavy atom. The first-order valence-electron chi connectivity index (χ1n) is 9.60. The van der Waals surface area contributed by atoms with E-state index in [9.17, 15) is 4.79 Å². The van der Waals surface area contributed by atoms with E-state index in [-0.39, 0.29) is 11.9 Å². The molecule has 1 saturated carbocycles. The van der Waals surface area contributed by atoms with Gasteiger partial charge in [0.25, 0.3) is 5.91 Å². The first kappa shape index (κ1) is 16.5. The molecule has 1 aliphatic carbocycles. The van der Waals surface area contributed by atoms with Gasteiger partial charge in [0.2, 0.25) is 0 Å². The van der Waals surface area contributed by atoms with Crippen molar-refractivity contribution in [3.63, 3.8) is 0 Å². The van der Waals surface area contributed by atoms with Crippen LogP contribution < -0.4 is 5.32 Å². The van der Waals surface area contributed by atoms with Gasteiger partial charge in [-0.3, -0.25) is 4.79 Å². The van der Waals surface area contributed by atoms with Gasteiger partial charge in [0.1, 0.15) is 5.52 Å². The zero-order chi connectivity index (χ0) is 17.2. The lowest BCUT2D eigenvalue weighted by Gasteiger charge is -2.15. The third-order valence-corrected chi connectivity index (χ3v) is 5.54. The summed E-state index contributed by atoms with van der Waals surface area (Å²) in [6, 6.07) is 2.63. The second-order valence-corrected chi connectivity index (χ2v) is 7.42. The average molecular weight is 341 g/mol. The molecule has 2 fully saturated rings. The summed E-state index contributed by atoms with van der Waals surface area (Å²) in [5.41, 5.74) is 2.33. The first-order chi connectivity index (χ1) is 12.2. The minimum absolute atomic E-state index is 0.0341. The summed E-state index contributed by atoms with van der Waals surface area (Å²) in [5.74, 6) is -0.0341. The highest BCUT2D eigenvalue weighted by Gasteiger charge is 2.24. The third-order valence-electron chi connectivity index (χ3n) is 5.54. The lowest BCUT2D eigenvalue weighted by molar-refractivity contribution is 0.0937. The number of nitrogens with one attached hydrogen (secondary N) is 1. The maximum Gasteiger partial charge on any atom is 0.253 e. The number of likely N-dealkylation sites (tertiary alicyclic amines) is 1. The second-order valence-electron chi connectivity index (χ2n) is 7.42. The summed E-state index contributed by atoms with van der Waals surface area (Å²) in [7, 11) is 0. The van der Waals surface area contributed by atoms with Crippen molar-refractivity contribution in [1.29, 1.82) is 0 Å². The van der Waals surface area contributed by atoms with E-state index in [0.29, 0.717) is 11.6 Å². The van der Waals surface area contributed by atoms with Crippen LogP contribution in [0.4, 0.5) is 0 Å². The Kier molecular flexibility index (Phi) is 4.70. The molecule has 2 aromatic heterocycles. The number of pyridine rings is 1. The number of nitrogens with zero attached hydrogens (tertiary/aromatic N) is 4. The Labute approximate surface area is 148 Å². The summed E-state index contributed by atoms with van der Waals surface area (Å²) < 4.78 is 2.18. The molecule has 1 N–H and O–H groups in total. The minimum Gasteiger partial charge on any atom is -0.348 e. The molecule has 3 heterocycles. The number of amides is 1. The Bertz CT molecular complexity index is 749. The first-order valence-corrected chi connectivity index (χ1v) is 9.60. The summed E-state index contributed by atoms with van der Waals surface area (Å²) in [6.07, 6.45) is 10.7. The number of rotatable bonds is 5. The van der Waals surface area contributed by atoms with E-state index in [1.54, 1.807) is 6.20 Å². The topological polar surface area (TPSA) is 63.1 Å². The molecule has 6 nitrogen and oxygen atoms in total. The average Bonchev–Trinajstić information content (AvgIpc) is 3.34. The molecule has 0 bridgehead atoms. The van der Waals surface area contributed by atoms with Crippen LogP contribution in [0.1, 0.15) is 61.8 Å². The van der Waals surface area contributed by atoms with Crippen LogP contribution in [0.2, 0.25) is 0 Å². The SMILES string of the molecule is CCCN1CCC(NC(=O)c2cnc3c(c2)ncn3C2CCCC2)C1. The van der Waals surface area contributed by atoms with Crippen LogP contribution in [0, 0.1) is 0 Å². The van der Waals surface area contributed by atoms with Gasteiger partial charge in [-0.05, 0) is 38.3 Å². The van der Waals surface area contributed by atoms with Gasteiger partial charge in [-0.2, -0.15) is 0 Å². The predicted molar refractivity (Wildman–Crippen MR) is 97.6 cm³/mol. The summed E-state index contributed by atoms with van der Waals surface area (Å²) in [6.45, 7) is 5.32.